The van der Waals surface area contributed by atoms with Crippen LogP contribution < -0.4 is 4.74 Å². The van der Waals surface area contributed by atoms with E-state index < -0.39 is 0 Å². The quantitative estimate of drug-likeness (QED) is 0.445. The highest BCUT2D eigenvalue weighted by Gasteiger charge is 2.30. The molecule has 0 N–H and O–H groups in total. The van der Waals surface area contributed by atoms with Gasteiger partial charge in [0.25, 0.3) is 5.91 Å². The first kappa shape index (κ1) is 26.2. The second kappa shape index (κ2) is 12.9. The molecule has 1 aromatic carbocycles. The van der Waals surface area contributed by atoms with Gasteiger partial charge >= 0.3 is 5.97 Å². The minimum Gasteiger partial charge on any atom is -0.497 e. The third kappa shape index (κ3) is 7.05. The largest absolute Gasteiger partial charge is 0.497 e. The van der Waals surface area contributed by atoms with Crippen molar-refractivity contribution in [3.63, 3.8) is 0 Å². The van der Waals surface area contributed by atoms with E-state index in [9.17, 15) is 14.4 Å². The third-order valence-electron chi connectivity index (χ3n) is 5.93. The van der Waals surface area contributed by atoms with Crippen molar-refractivity contribution in [3.05, 3.63) is 36.0 Å². The van der Waals surface area contributed by atoms with Crippen LogP contribution in [0.15, 0.2) is 34.9 Å². The normalized spacial score (nSPS) is 15.5. The van der Waals surface area contributed by atoms with E-state index in [0.717, 1.165) is 12.0 Å². The van der Waals surface area contributed by atoms with Gasteiger partial charge in [-0.05, 0) is 31.9 Å². The van der Waals surface area contributed by atoms with Crippen molar-refractivity contribution in [1.29, 1.82) is 0 Å². The molecule has 190 valence electrons. The lowest BCUT2D eigenvalue weighted by Crippen LogP contribution is -2.44. The van der Waals surface area contributed by atoms with Gasteiger partial charge < -0.3 is 28.5 Å². The van der Waals surface area contributed by atoms with Crippen LogP contribution in [0.3, 0.4) is 0 Å². The zero-order valence-electron chi connectivity index (χ0n) is 20.5. The molecule has 0 spiro atoms. The van der Waals surface area contributed by atoms with Gasteiger partial charge in [0.2, 0.25) is 5.91 Å². The lowest BCUT2D eigenvalue weighted by molar-refractivity contribution is -0.151. The van der Waals surface area contributed by atoms with E-state index in [0.29, 0.717) is 50.8 Å². The van der Waals surface area contributed by atoms with Crippen LogP contribution in [0.1, 0.15) is 36.7 Å². The molecule has 1 saturated heterocycles. The van der Waals surface area contributed by atoms with Gasteiger partial charge in [-0.1, -0.05) is 17.3 Å². The van der Waals surface area contributed by atoms with Crippen molar-refractivity contribution in [2.75, 3.05) is 53.6 Å². The number of ether oxygens (including phenoxy) is 3. The number of nitrogens with zero attached hydrogens (tertiary/aromatic N) is 3. The number of amides is 2. The number of piperidine rings is 1. The van der Waals surface area contributed by atoms with E-state index in [1.54, 1.807) is 38.2 Å². The van der Waals surface area contributed by atoms with Crippen LogP contribution in [0.4, 0.5) is 0 Å². The van der Waals surface area contributed by atoms with Crippen molar-refractivity contribution in [3.8, 4) is 17.1 Å². The molecule has 1 atom stereocenters. The van der Waals surface area contributed by atoms with E-state index in [-0.39, 0.29) is 42.4 Å². The number of esters is 1. The molecule has 1 aliphatic heterocycles. The Balaban J connectivity index is 1.63. The first-order chi connectivity index (χ1) is 17.0. The molecule has 10 heteroatoms. The Morgan fingerprint density at radius 2 is 2.03 bits per heavy atom. The number of rotatable bonds is 11. The van der Waals surface area contributed by atoms with Crippen LogP contribution >= 0.6 is 0 Å². The predicted octanol–water partition coefficient (Wildman–Crippen LogP) is 2.63. The highest BCUT2D eigenvalue weighted by molar-refractivity contribution is 5.93. The summed E-state index contributed by atoms with van der Waals surface area (Å²) >= 11 is 0. The van der Waals surface area contributed by atoms with E-state index in [2.05, 4.69) is 5.16 Å². The molecule has 2 amide bonds. The zero-order valence-corrected chi connectivity index (χ0v) is 20.5. The highest BCUT2D eigenvalue weighted by Crippen LogP contribution is 2.25. The SMILES string of the molecule is CCOC(=O)[C@H]1CCCN(C(=O)CCN(CCOC)C(=O)c2cc(-c3cccc(OC)c3)on2)C1. The number of likely N-dealkylation sites (tertiary alicyclic amines) is 1. The number of methoxy groups -OCH3 is 2. The lowest BCUT2D eigenvalue weighted by atomic mass is 9.98. The van der Waals surface area contributed by atoms with Gasteiger partial charge in [0.1, 0.15) is 5.75 Å². The number of hydrogen-bond acceptors (Lipinski definition) is 8. The van der Waals surface area contributed by atoms with E-state index >= 15 is 0 Å². The molecule has 10 nitrogen and oxygen atoms in total. The molecule has 0 saturated carbocycles. The molecular weight excluding hydrogens is 454 g/mol. The minimum absolute atomic E-state index is 0.105. The predicted molar refractivity (Wildman–Crippen MR) is 127 cm³/mol. The Hall–Kier alpha value is -3.40. The molecule has 1 aromatic heterocycles. The fourth-order valence-corrected chi connectivity index (χ4v) is 4.01. The summed E-state index contributed by atoms with van der Waals surface area (Å²) in [5.74, 6) is 0.0781. The van der Waals surface area contributed by atoms with Gasteiger partial charge in [0, 0.05) is 51.3 Å². The molecule has 0 bridgehead atoms. The van der Waals surface area contributed by atoms with Crippen LogP contribution in [-0.2, 0) is 19.1 Å². The maximum absolute atomic E-state index is 13.2. The van der Waals surface area contributed by atoms with Crippen LogP contribution in [0.25, 0.3) is 11.3 Å². The van der Waals surface area contributed by atoms with Gasteiger partial charge in [-0.15, -0.1) is 0 Å². The van der Waals surface area contributed by atoms with Gasteiger partial charge in [0.15, 0.2) is 11.5 Å². The maximum Gasteiger partial charge on any atom is 0.310 e. The van der Waals surface area contributed by atoms with Gasteiger partial charge in [-0.25, -0.2) is 0 Å². The van der Waals surface area contributed by atoms with E-state index in [4.69, 9.17) is 18.7 Å². The smallest absolute Gasteiger partial charge is 0.310 e. The summed E-state index contributed by atoms with van der Waals surface area (Å²) in [5, 5.41) is 3.95. The number of carbonyl (C=O) groups is 3. The molecule has 1 fully saturated rings. The summed E-state index contributed by atoms with van der Waals surface area (Å²) in [4.78, 5) is 41.3. The van der Waals surface area contributed by atoms with E-state index in [1.165, 1.54) is 4.90 Å². The number of hydrogen-bond donors (Lipinski definition) is 0. The fourth-order valence-electron chi connectivity index (χ4n) is 4.01. The number of benzene rings is 1. The zero-order chi connectivity index (χ0) is 25.2. The molecule has 3 rings (SSSR count). The molecule has 35 heavy (non-hydrogen) atoms. The van der Waals surface area contributed by atoms with Crippen LogP contribution in [0, 0.1) is 5.92 Å². The van der Waals surface area contributed by atoms with Crippen LogP contribution in [0.5, 0.6) is 5.75 Å². The molecule has 0 aliphatic carbocycles. The summed E-state index contributed by atoms with van der Waals surface area (Å²) < 4.78 is 20.9. The average Bonchev–Trinajstić information content (AvgIpc) is 3.39. The Kier molecular flexibility index (Phi) is 9.66. The highest BCUT2D eigenvalue weighted by atomic mass is 16.5. The van der Waals surface area contributed by atoms with Crippen molar-refractivity contribution < 1.29 is 33.1 Å². The average molecular weight is 488 g/mol. The van der Waals surface area contributed by atoms with Crippen molar-refractivity contribution in [2.24, 2.45) is 5.92 Å². The summed E-state index contributed by atoms with van der Waals surface area (Å²) in [6.45, 7) is 3.84. The van der Waals surface area contributed by atoms with Crippen molar-refractivity contribution in [2.45, 2.75) is 26.2 Å². The van der Waals surface area contributed by atoms with Gasteiger partial charge in [0.05, 0.1) is 26.2 Å². The van der Waals surface area contributed by atoms with Crippen LogP contribution in [0.2, 0.25) is 0 Å². The summed E-state index contributed by atoms with van der Waals surface area (Å²) in [5.41, 5.74) is 0.877. The maximum atomic E-state index is 13.2. The molecule has 2 aromatic rings. The Morgan fingerprint density at radius 3 is 2.77 bits per heavy atom. The van der Waals surface area contributed by atoms with Crippen molar-refractivity contribution in [1.82, 2.24) is 15.0 Å². The summed E-state index contributed by atoms with van der Waals surface area (Å²) in [7, 11) is 3.12. The summed E-state index contributed by atoms with van der Waals surface area (Å²) in [6.07, 6.45) is 1.59. The van der Waals surface area contributed by atoms with Gasteiger partial charge in [-0.2, -0.15) is 0 Å². The van der Waals surface area contributed by atoms with E-state index in [1.807, 2.05) is 18.2 Å². The second-order valence-electron chi connectivity index (χ2n) is 8.27. The lowest BCUT2D eigenvalue weighted by Gasteiger charge is -2.32. The monoisotopic (exact) mass is 487 g/mol. The number of aromatic nitrogens is 1. The molecular formula is C25H33N3O7. The second-order valence-corrected chi connectivity index (χ2v) is 8.27. The topological polar surface area (TPSA) is 111 Å². The molecule has 0 radical (unpaired) electrons. The Morgan fingerprint density at radius 1 is 1.20 bits per heavy atom. The molecule has 1 aliphatic rings. The van der Waals surface area contributed by atoms with Crippen LogP contribution in [-0.4, -0.2) is 86.4 Å². The number of carbonyl (C=O) groups excluding carboxylic acids is 3. The first-order valence-electron chi connectivity index (χ1n) is 11.8. The summed E-state index contributed by atoms with van der Waals surface area (Å²) in [6, 6.07) is 8.83. The fraction of sp³-hybridized carbons (Fsp3) is 0.520. The molecule has 2 heterocycles. The van der Waals surface area contributed by atoms with Gasteiger partial charge in [-0.3, -0.25) is 14.4 Å². The third-order valence-corrected chi connectivity index (χ3v) is 5.93. The Labute approximate surface area is 205 Å². The first-order valence-corrected chi connectivity index (χ1v) is 11.8. The minimum atomic E-state index is -0.351. The standard InChI is InChI=1S/C25H33N3O7/c1-4-34-25(31)19-8-6-11-28(17-19)23(29)10-12-27(13-14-32-2)24(30)21-16-22(35-26-21)18-7-5-9-20(15-18)33-3/h5,7,9,15-16,19H,4,6,8,10-14,17H2,1-3H3/t19-/m0/s1. The van der Waals surface area contributed by atoms with Crippen molar-refractivity contribution >= 4 is 17.8 Å². The molecule has 0 unspecified atom stereocenters. The Bertz CT molecular complexity index is 1010.